The van der Waals surface area contributed by atoms with Gasteiger partial charge in [0.1, 0.15) is 11.9 Å². The van der Waals surface area contributed by atoms with Crippen molar-refractivity contribution in [3.05, 3.63) is 29.8 Å². The summed E-state index contributed by atoms with van der Waals surface area (Å²) in [7, 11) is 0. The highest BCUT2D eigenvalue weighted by molar-refractivity contribution is 5.26. The van der Waals surface area contributed by atoms with Crippen LogP contribution < -0.4 is 22.5 Å². The Labute approximate surface area is 98.9 Å². The summed E-state index contributed by atoms with van der Waals surface area (Å²) >= 11 is 0. The van der Waals surface area contributed by atoms with Gasteiger partial charge in [-0.1, -0.05) is 17.7 Å². The molecule has 0 aromatic heterocycles. The van der Waals surface area contributed by atoms with Crippen LogP contribution in [-0.2, 0) is 0 Å². The maximum absolute atomic E-state index is 5.87. The molecule has 1 aliphatic heterocycles. The van der Waals surface area contributed by atoms with Crippen LogP contribution in [0.25, 0.3) is 0 Å². The van der Waals surface area contributed by atoms with Crippen LogP contribution in [-0.4, -0.2) is 19.2 Å². The normalized spacial score (nSPS) is 16.9. The molecular weight excluding hydrogens is 210 g/mol. The van der Waals surface area contributed by atoms with Gasteiger partial charge in [0.2, 0.25) is 0 Å². The lowest BCUT2D eigenvalue weighted by molar-refractivity contribution is -0.00000423. The molecule has 0 saturated carbocycles. The molecule has 1 fully saturated rings. The van der Waals surface area contributed by atoms with Crippen LogP contribution in [0.15, 0.2) is 24.3 Å². The fraction of sp³-hybridized carbons (Fsp3) is 0.500. The topological polar surface area (TPSA) is 21.3 Å². The van der Waals surface area contributed by atoms with E-state index >= 15 is 0 Å². The van der Waals surface area contributed by atoms with Crippen molar-refractivity contribution in [1.82, 2.24) is 5.32 Å². The van der Waals surface area contributed by atoms with Crippen LogP contribution in [0.4, 0.5) is 0 Å². The van der Waals surface area contributed by atoms with Crippen molar-refractivity contribution in [2.45, 2.75) is 25.9 Å². The number of halogens is 1. The molecule has 1 N–H and O–H groups in total. The molecule has 2 nitrogen and oxygen atoms in total. The monoisotopic (exact) mass is 227 g/mol. The van der Waals surface area contributed by atoms with Gasteiger partial charge >= 0.3 is 1.43 Å². The maximum atomic E-state index is 5.87. The van der Waals surface area contributed by atoms with Crippen molar-refractivity contribution in [2.24, 2.45) is 0 Å². The largest absolute Gasteiger partial charge is 1.00 e. The maximum Gasteiger partial charge on any atom is 1.00 e. The molecule has 1 aromatic carbocycles. The second kappa shape index (κ2) is 5.99. The van der Waals surface area contributed by atoms with Crippen LogP contribution in [0, 0.1) is 6.92 Å². The molecule has 1 aromatic rings. The highest BCUT2D eigenvalue weighted by atomic mass is 35.5. The van der Waals surface area contributed by atoms with Crippen molar-refractivity contribution < 1.29 is 18.6 Å². The Morgan fingerprint density at radius 2 is 1.80 bits per heavy atom. The van der Waals surface area contributed by atoms with E-state index in [1.807, 2.05) is 0 Å². The average molecular weight is 228 g/mol. The summed E-state index contributed by atoms with van der Waals surface area (Å²) in [4.78, 5) is 0. The lowest BCUT2D eigenvalue weighted by Crippen LogP contribution is -3.00. The SMILES string of the molecule is Cc1ccc(OC2CCNCC2)cc1.[Cl-].[H+]. The summed E-state index contributed by atoms with van der Waals surface area (Å²) in [6.45, 7) is 4.25. The Bertz CT molecular complexity index is 286. The molecule has 84 valence electrons. The third-order valence-electron chi connectivity index (χ3n) is 2.61. The standard InChI is InChI=1S/C12H17NO.ClH/c1-10-2-4-11(5-3-10)14-12-6-8-13-9-7-12;/h2-5,12-13H,6-9H2,1H3;1H. The van der Waals surface area contributed by atoms with Crippen LogP contribution >= 0.6 is 0 Å². The number of ether oxygens (including phenoxy) is 1. The molecule has 2 rings (SSSR count). The van der Waals surface area contributed by atoms with E-state index in [1.54, 1.807) is 0 Å². The Morgan fingerprint density at radius 3 is 2.40 bits per heavy atom. The molecule has 0 bridgehead atoms. The van der Waals surface area contributed by atoms with Crippen molar-refractivity contribution >= 4 is 0 Å². The van der Waals surface area contributed by atoms with Gasteiger partial charge in [0, 0.05) is 0 Å². The smallest absolute Gasteiger partial charge is 1.00 e. The average Bonchev–Trinajstić information content (AvgIpc) is 2.23. The fourth-order valence-electron chi connectivity index (χ4n) is 1.72. The Kier molecular flexibility index (Phi) is 4.92. The highest BCUT2D eigenvalue weighted by Crippen LogP contribution is 2.16. The number of hydrogen-bond acceptors (Lipinski definition) is 2. The van der Waals surface area contributed by atoms with Crippen LogP contribution in [0.1, 0.15) is 19.8 Å². The number of benzene rings is 1. The minimum Gasteiger partial charge on any atom is -1.00 e. The van der Waals surface area contributed by atoms with Crippen molar-refractivity contribution in [2.75, 3.05) is 13.1 Å². The van der Waals surface area contributed by atoms with Gasteiger partial charge in [0.05, 0.1) is 0 Å². The molecule has 0 spiro atoms. The molecule has 15 heavy (non-hydrogen) atoms. The van der Waals surface area contributed by atoms with E-state index in [-0.39, 0.29) is 13.8 Å². The van der Waals surface area contributed by atoms with E-state index in [9.17, 15) is 0 Å². The van der Waals surface area contributed by atoms with Gasteiger partial charge in [-0.25, -0.2) is 0 Å². The number of aryl methyl sites for hydroxylation is 1. The number of hydrogen-bond donors (Lipinski definition) is 1. The first kappa shape index (κ1) is 12.3. The van der Waals surface area contributed by atoms with Gasteiger partial charge < -0.3 is 22.5 Å². The number of rotatable bonds is 2. The lowest BCUT2D eigenvalue weighted by atomic mass is 10.1. The Morgan fingerprint density at radius 1 is 1.20 bits per heavy atom. The minimum absolute atomic E-state index is 0. The predicted molar refractivity (Wildman–Crippen MR) is 58.8 cm³/mol. The molecule has 1 saturated heterocycles. The first-order valence-corrected chi connectivity index (χ1v) is 5.28. The minimum atomic E-state index is 0. The van der Waals surface area contributed by atoms with E-state index in [4.69, 9.17) is 4.74 Å². The van der Waals surface area contributed by atoms with Crippen molar-refractivity contribution in [3.8, 4) is 5.75 Å². The fourth-order valence-corrected chi connectivity index (χ4v) is 1.72. The molecule has 0 atom stereocenters. The van der Waals surface area contributed by atoms with E-state index in [2.05, 4.69) is 36.5 Å². The van der Waals surface area contributed by atoms with Gasteiger partial charge in [-0.2, -0.15) is 0 Å². The summed E-state index contributed by atoms with van der Waals surface area (Å²) in [6, 6.07) is 8.29. The van der Waals surface area contributed by atoms with Gasteiger partial charge in [0.15, 0.2) is 0 Å². The summed E-state index contributed by atoms with van der Waals surface area (Å²) in [5.41, 5.74) is 1.28. The zero-order valence-corrected chi connectivity index (χ0v) is 9.76. The van der Waals surface area contributed by atoms with Gasteiger partial charge in [0.25, 0.3) is 0 Å². The van der Waals surface area contributed by atoms with Crippen LogP contribution in [0.5, 0.6) is 5.75 Å². The second-order valence-corrected chi connectivity index (χ2v) is 3.88. The number of piperidine rings is 1. The van der Waals surface area contributed by atoms with Crippen molar-refractivity contribution in [3.63, 3.8) is 0 Å². The van der Waals surface area contributed by atoms with E-state index in [0.29, 0.717) is 6.10 Å². The summed E-state index contributed by atoms with van der Waals surface area (Å²) < 4.78 is 5.87. The summed E-state index contributed by atoms with van der Waals surface area (Å²) in [5, 5.41) is 3.33. The molecular formula is C12H18ClNO. The van der Waals surface area contributed by atoms with Gasteiger partial charge in [-0.05, 0) is 45.0 Å². The quantitative estimate of drug-likeness (QED) is 0.718. The third-order valence-corrected chi connectivity index (χ3v) is 2.61. The Hall–Kier alpha value is -0.730. The van der Waals surface area contributed by atoms with E-state index in [0.717, 1.165) is 31.7 Å². The molecule has 0 amide bonds. The molecule has 1 aliphatic rings. The molecule has 3 heteroatoms. The zero-order chi connectivity index (χ0) is 9.80. The zero-order valence-electron chi connectivity index (χ0n) is 10.0. The predicted octanol–water partition coefficient (Wildman–Crippen LogP) is -0.758. The Balaban J connectivity index is 0.00000112. The third kappa shape index (κ3) is 3.73. The van der Waals surface area contributed by atoms with E-state index < -0.39 is 0 Å². The summed E-state index contributed by atoms with van der Waals surface area (Å²) in [6.07, 6.45) is 2.64. The first-order valence-electron chi connectivity index (χ1n) is 5.28. The van der Waals surface area contributed by atoms with Gasteiger partial charge in [-0.15, -0.1) is 0 Å². The highest BCUT2D eigenvalue weighted by Gasteiger charge is 2.13. The molecule has 0 aliphatic carbocycles. The van der Waals surface area contributed by atoms with E-state index in [1.165, 1.54) is 5.56 Å². The second-order valence-electron chi connectivity index (χ2n) is 3.88. The molecule has 1 heterocycles. The molecule has 0 radical (unpaired) electrons. The number of nitrogens with one attached hydrogen (secondary N) is 1. The summed E-state index contributed by atoms with van der Waals surface area (Å²) in [5.74, 6) is 1.00. The first-order chi connectivity index (χ1) is 6.84. The van der Waals surface area contributed by atoms with Crippen LogP contribution in [0.3, 0.4) is 0 Å². The molecule has 0 unspecified atom stereocenters. The lowest BCUT2D eigenvalue weighted by Gasteiger charge is -2.23. The van der Waals surface area contributed by atoms with Crippen molar-refractivity contribution in [1.29, 1.82) is 0 Å². The van der Waals surface area contributed by atoms with Gasteiger partial charge in [-0.3, -0.25) is 0 Å². The van der Waals surface area contributed by atoms with Crippen LogP contribution in [0.2, 0.25) is 0 Å².